The van der Waals surface area contributed by atoms with E-state index in [0.29, 0.717) is 5.56 Å². The van der Waals surface area contributed by atoms with Crippen LogP contribution in [-0.4, -0.2) is 30.0 Å². The first-order valence-electron chi connectivity index (χ1n) is 8.48. The van der Waals surface area contributed by atoms with Gasteiger partial charge in [0.25, 0.3) is 10.0 Å². The highest BCUT2D eigenvalue weighted by Gasteiger charge is 2.63. The number of carbonyl (C=O) groups is 1. The van der Waals surface area contributed by atoms with Crippen molar-refractivity contribution in [3.63, 3.8) is 0 Å². The number of sulfonamides is 1. The molecular weight excluding hydrogens is 461 g/mol. The molecule has 1 aromatic carbocycles. The van der Waals surface area contributed by atoms with Crippen LogP contribution >= 0.6 is 22.7 Å². The van der Waals surface area contributed by atoms with Gasteiger partial charge in [0, 0.05) is 11.3 Å². The first-order chi connectivity index (χ1) is 14.0. The summed E-state index contributed by atoms with van der Waals surface area (Å²) in [6.07, 6.45) is -4.49. The molecule has 6 nitrogen and oxygen atoms in total. The number of aromatic nitrogens is 1. The number of benzene rings is 1. The molecule has 1 fully saturated rings. The minimum absolute atomic E-state index is 0.0373. The average molecular weight is 475 g/mol. The summed E-state index contributed by atoms with van der Waals surface area (Å²) in [5.74, 6) is -1.80. The van der Waals surface area contributed by atoms with Crippen molar-refractivity contribution < 1.29 is 31.5 Å². The Labute approximate surface area is 177 Å². The molecule has 0 bridgehead atoms. The second-order valence-corrected chi connectivity index (χ2v) is 10.6. The Morgan fingerprint density at radius 3 is 2.50 bits per heavy atom. The van der Waals surface area contributed by atoms with Gasteiger partial charge in [-0.3, -0.25) is 4.79 Å². The van der Waals surface area contributed by atoms with Crippen molar-refractivity contribution in [1.29, 1.82) is 0 Å². The Kier molecular flexibility index (Phi) is 5.00. The molecule has 1 aliphatic rings. The van der Waals surface area contributed by atoms with Crippen LogP contribution in [0.25, 0.3) is 9.88 Å². The zero-order valence-electron chi connectivity index (χ0n) is 14.9. The van der Waals surface area contributed by atoms with E-state index in [1.165, 1.54) is 12.1 Å². The van der Waals surface area contributed by atoms with Gasteiger partial charge in [-0.05, 0) is 24.1 Å². The molecule has 1 saturated carbocycles. The molecule has 0 saturated heterocycles. The van der Waals surface area contributed by atoms with Crippen LogP contribution in [-0.2, 0) is 21.0 Å². The van der Waals surface area contributed by atoms with Crippen molar-refractivity contribution in [3.05, 3.63) is 59.1 Å². The second kappa shape index (κ2) is 7.15. The van der Waals surface area contributed by atoms with E-state index in [1.54, 1.807) is 30.3 Å². The molecule has 158 valence electrons. The van der Waals surface area contributed by atoms with Gasteiger partial charge in [0.05, 0.1) is 4.88 Å². The SMILES string of the molecule is O=C(O)[C@]1(NS(=O)(=O)c2ccc(-c3nc(C(F)(F)F)cs3)s2)C[C@@H]1c1ccccc1. The molecule has 0 radical (unpaired) electrons. The lowest BCUT2D eigenvalue weighted by molar-refractivity contribution is -0.141. The third kappa shape index (κ3) is 3.75. The number of nitrogens with one attached hydrogen (secondary N) is 1. The Morgan fingerprint density at radius 1 is 1.20 bits per heavy atom. The lowest BCUT2D eigenvalue weighted by Gasteiger charge is -2.14. The fourth-order valence-corrected chi connectivity index (χ4v) is 6.74. The van der Waals surface area contributed by atoms with E-state index >= 15 is 0 Å². The second-order valence-electron chi connectivity index (χ2n) is 6.70. The molecule has 3 aromatic rings. The standard InChI is InChI=1S/C18H13F3N2O4S3/c19-18(20,21)13-9-28-15(22-13)12-6-7-14(29-12)30(26,27)23-17(16(24)25)8-11(17)10-4-2-1-3-5-10/h1-7,9,11,23H,8H2,(H,24,25)/t11-,17+/m1/s1. The van der Waals surface area contributed by atoms with Crippen LogP contribution < -0.4 is 4.72 Å². The Morgan fingerprint density at radius 2 is 1.90 bits per heavy atom. The van der Waals surface area contributed by atoms with Gasteiger partial charge >= 0.3 is 12.1 Å². The number of hydrogen-bond acceptors (Lipinski definition) is 6. The molecule has 0 unspecified atom stereocenters. The molecule has 12 heteroatoms. The van der Waals surface area contributed by atoms with Crippen LogP contribution in [0.2, 0.25) is 0 Å². The van der Waals surface area contributed by atoms with E-state index in [-0.39, 0.29) is 20.5 Å². The summed E-state index contributed by atoms with van der Waals surface area (Å²) >= 11 is 1.48. The van der Waals surface area contributed by atoms with Gasteiger partial charge in [-0.25, -0.2) is 13.4 Å². The smallest absolute Gasteiger partial charge is 0.434 e. The van der Waals surface area contributed by atoms with E-state index in [4.69, 9.17) is 0 Å². The first kappa shape index (κ1) is 21.0. The van der Waals surface area contributed by atoms with Gasteiger partial charge in [0.1, 0.15) is 14.8 Å². The summed E-state index contributed by atoms with van der Waals surface area (Å²) in [6.45, 7) is 0. The summed E-state index contributed by atoms with van der Waals surface area (Å²) in [4.78, 5) is 15.6. The number of carboxylic acid groups (broad SMARTS) is 1. The average Bonchev–Trinajstić information content (AvgIpc) is 3.05. The zero-order valence-corrected chi connectivity index (χ0v) is 17.3. The van der Waals surface area contributed by atoms with Crippen LogP contribution in [0.3, 0.4) is 0 Å². The molecule has 30 heavy (non-hydrogen) atoms. The summed E-state index contributed by atoms with van der Waals surface area (Å²) in [5.41, 5.74) is -2.00. The van der Waals surface area contributed by atoms with Crippen molar-refractivity contribution in [2.75, 3.05) is 0 Å². The molecule has 0 spiro atoms. The van der Waals surface area contributed by atoms with Gasteiger partial charge in [-0.1, -0.05) is 30.3 Å². The maximum Gasteiger partial charge on any atom is 0.434 e. The summed E-state index contributed by atoms with van der Waals surface area (Å²) in [5, 5.41) is 10.6. The molecule has 0 aliphatic heterocycles. The molecular formula is C18H13F3N2O4S3. The van der Waals surface area contributed by atoms with E-state index in [2.05, 4.69) is 9.71 Å². The van der Waals surface area contributed by atoms with Gasteiger partial charge in [0.2, 0.25) is 0 Å². The number of aliphatic carboxylic acids is 1. The number of rotatable bonds is 6. The number of thiophene rings is 1. The first-order valence-corrected chi connectivity index (χ1v) is 11.7. The van der Waals surface area contributed by atoms with Crippen LogP contribution in [0.1, 0.15) is 23.6 Å². The Hall–Kier alpha value is -2.28. The van der Waals surface area contributed by atoms with E-state index in [9.17, 15) is 31.5 Å². The van der Waals surface area contributed by atoms with Crippen molar-refractivity contribution >= 4 is 38.7 Å². The number of thiazole rings is 1. The maximum absolute atomic E-state index is 12.8. The van der Waals surface area contributed by atoms with Gasteiger partial charge < -0.3 is 5.11 Å². The maximum atomic E-state index is 12.8. The summed E-state index contributed by atoms with van der Waals surface area (Å²) < 4.78 is 66.0. The van der Waals surface area contributed by atoms with Crippen molar-refractivity contribution in [2.24, 2.45) is 0 Å². The number of halogens is 3. The fourth-order valence-electron chi connectivity index (χ4n) is 3.13. The van der Waals surface area contributed by atoms with Crippen LogP contribution in [0.5, 0.6) is 0 Å². The van der Waals surface area contributed by atoms with E-state index < -0.39 is 39.3 Å². The van der Waals surface area contributed by atoms with Gasteiger partial charge in [0.15, 0.2) is 5.69 Å². The summed E-state index contributed by atoms with van der Waals surface area (Å²) in [7, 11) is -4.21. The third-order valence-electron chi connectivity index (χ3n) is 4.71. The highest BCUT2D eigenvalue weighted by Crippen LogP contribution is 2.52. The zero-order chi connectivity index (χ0) is 21.7. The van der Waals surface area contributed by atoms with Crippen LogP contribution in [0, 0.1) is 0 Å². The molecule has 2 heterocycles. The van der Waals surface area contributed by atoms with E-state index in [0.717, 1.165) is 28.1 Å². The Balaban J connectivity index is 1.59. The molecule has 2 N–H and O–H groups in total. The molecule has 4 rings (SSSR count). The Bertz CT molecular complexity index is 1200. The van der Waals surface area contributed by atoms with Crippen molar-refractivity contribution in [3.8, 4) is 9.88 Å². The lowest BCUT2D eigenvalue weighted by atomic mass is 10.1. The van der Waals surface area contributed by atoms with Crippen molar-refractivity contribution in [2.45, 2.75) is 28.3 Å². The highest BCUT2D eigenvalue weighted by molar-refractivity contribution is 7.91. The van der Waals surface area contributed by atoms with Crippen LogP contribution in [0.4, 0.5) is 13.2 Å². The quantitative estimate of drug-likeness (QED) is 0.559. The molecule has 1 aliphatic carbocycles. The monoisotopic (exact) mass is 474 g/mol. The van der Waals surface area contributed by atoms with Gasteiger partial charge in [-0.2, -0.15) is 17.9 Å². The molecule has 2 aromatic heterocycles. The van der Waals surface area contributed by atoms with Gasteiger partial charge in [-0.15, -0.1) is 22.7 Å². The summed E-state index contributed by atoms with van der Waals surface area (Å²) in [6, 6.07) is 11.3. The highest BCUT2D eigenvalue weighted by atomic mass is 32.2. The normalized spacial score (nSPS) is 21.5. The topological polar surface area (TPSA) is 96.4 Å². The molecule has 2 atom stereocenters. The third-order valence-corrected chi connectivity index (χ3v) is 8.81. The largest absolute Gasteiger partial charge is 0.480 e. The minimum atomic E-state index is -4.59. The number of nitrogens with zero attached hydrogens (tertiary/aromatic N) is 1. The predicted octanol–water partition coefficient (Wildman–Crippen LogP) is 4.18. The number of hydrogen-bond donors (Lipinski definition) is 2. The lowest BCUT2D eigenvalue weighted by Crippen LogP contribution is -2.44. The number of carboxylic acids is 1. The molecule has 0 amide bonds. The van der Waals surface area contributed by atoms with Crippen LogP contribution in [0.15, 0.2) is 52.1 Å². The van der Waals surface area contributed by atoms with E-state index in [1.807, 2.05) is 0 Å². The van der Waals surface area contributed by atoms with Crippen molar-refractivity contribution in [1.82, 2.24) is 9.71 Å². The predicted molar refractivity (Wildman–Crippen MR) is 105 cm³/mol. The fraction of sp³-hybridized carbons (Fsp3) is 0.222. The minimum Gasteiger partial charge on any atom is -0.480 e. The number of alkyl halides is 3.